The molecule has 5 aliphatic rings. The zero-order chi connectivity index (χ0) is 24.1. The van der Waals surface area contributed by atoms with Crippen molar-refractivity contribution < 1.29 is 24.5 Å². The fraction of sp³-hybridized carbons (Fsp3) is 0.593. The first-order valence-electron chi connectivity index (χ1n) is 12.2. The van der Waals surface area contributed by atoms with E-state index in [1.807, 2.05) is 19.9 Å². The van der Waals surface area contributed by atoms with E-state index in [4.69, 9.17) is 9.47 Å². The molecule has 1 saturated heterocycles. The predicted molar refractivity (Wildman–Crippen MR) is 129 cm³/mol. The maximum Gasteiger partial charge on any atom is 0.195 e. The number of rotatable bonds is 0. The van der Waals surface area contributed by atoms with Gasteiger partial charge in [0, 0.05) is 43.9 Å². The van der Waals surface area contributed by atoms with Crippen molar-refractivity contribution in [3.63, 3.8) is 0 Å². The molecule has 3 fully saturated rings. The number of H-pyrrole nitrogens is 1. The Labute approximate surface area is 206 Å². The van der Waals surface area contributed by atoms with Crippen molar-refractivity contribution in [2.24, 2.45) is 11.3 Å². The summed E-state index contributed by atoms with van der Waals surface area (Å²) in [6.07, 6.45) is 2.22. The Hall–Kier alpha value is -1.51. The van der Waals surface area contributed by atoms with Crippen molar-refractivity contribution in [1.82, 2.24) is 4.98 Å². The summed E-state index contributed by atoms with van der Waals surface area (Å²) in [5.74, 6) is -1.21. The third kappa shape index (κ3) is 2.13. The summed E-state index contributed by atoms with van der Waals surface area (Å²) < 4.78 is 13.7. The van der Waals surface area contributed by atoms with E-state index in [-0.39, 0.29) is 11.7 Å². The van der Waals surface area contributed by atoms with Crippen LogP contribution in [0.5, 0.6) is 0 Å². The zero-order valence-corrected chi connectivity index (χ0v) is 21.5. The number of hydrogen-bond donors (Lipinski definition) is 3. The summed E-state index contributed by atoms with van der Waals surface area (Å²) >= 11 is 3.61. The number of benzene rings is 1. The van der Waals surface area contributed by atoms with Gasteiger partial charge >= 0.3 is 0 Å². The monoisotopic (exact) mass is 527 g/mol. The normalized spacial score (nSPS) is 46.0. The van der Waals surface area contributed by atoms with Gasteiger partial charge in [-0.2, -0.15) is 0 Å². The van der Waals surface area contributed by atoms with Crippen LogP contribution >= 0.6 is 15.9 Å². The van der Waals surface area contributed by atoms with Crippen LogP contribution in [0, 0.1) is 11.3 Å². The van der Waals surface area contributed by atoms with Gasteiger partial charge in [-0.25, -0.2) is 0 Å². The first kappa shape index (κ1) is 21.7. The molecule has 1 aromatic carbocycles. The van der Waals surface area contributed by atoms with E-state index < -0.39 is 40.0 Å². The van der Waals surface area contributed by atoms with Gasteiger partial charge in [0.05, 0.1) is 6.10 Å². The number of aromatic nitrogens is 1. The molecule has 7 rings (SSSR count). The van der Waals surface area contributed by atoms with Crippen LogP contribution < -0.4 is 0 Å². The summed E-state index contributed by atoms with van der Waals surface area (Å²) in [6, 6.07) is 6.27. The number of ether oxygens (including phenoxy) is 2. The largest absolute Gasteiger partial charge is 0.390 e. The summed E-state index contributed by atoms with van der Waals surface area (Å²) in [4.78, 5) is 16.8. The van der Waals surface area contributed by atoms with Gasteiger partial charge in [-0.05, 0) is 68.9 Å². The first-order chi connectivity index (χ1) is 15.9. The summed E-state index contributed by atoms with van der Waals surface area (Å²) in [5.41, 5.74) is 0.271. The molecule has 3 N–H and O–H groups in total. The third-order valence-corrected chi connectivity index (χ3v) is 10.8. The number of carbonyl (C=O) groups is 1. The molecular weight excluding hydrogens is 498 g/mol. The molecule has 34 heavy (non-hydrogen) atoms. The lowest BCUT2D eigenvalue weighted by molar-refractivity contribution is -0.274. The van der Waals surface area contributed by atoms with Gasteiger partial charge in [0.25, 0.3) is 0 Å². The van der Waals surface area contributed by atoms with E-state index in [2.05, 4.69) is 46.9 Å². The molecule has 3 aliphatic carbocycles. The van der Waals surface area contributed by atoms with E-state index in [1.165, 1.54) is 17.0 Å². The number of aromatic amines is 1. The van der Waals surface area contributed by atoms with Crippen molar-refractivity contribution in [3.05, 3.63) is 45.6 Å². The molecule has 2 aliphatic heterocycles. The summed E-state index contributed by atoms with van der Waals surface area (Å²) in [5, 5.41) is 25.4. The molecule has 6 nitrogen and oxygen atoms in total. The van der Waals surface area contributed by atoms with Crippen molar-refractivity contribution in [1.29, 1.82) is 0 Å². The van der Waals surface area contributed by atoms with Gasteiger partial charge < -0.3 is 24.7 Å². The molecule has 180 valence electrons. The number of aliphatic hydroxyl groups excluding tert-OH is 1. The van der Waals surface area contributed by atoms with Gasteiger partial charge in [-0.15, -0.1) is 0 Å². The van der Waals surface area contributed by atoms with Crippen LogP contribution in [0.2, 0.25) is 0 Å². The zero-order valence-electron chi connectivity index (χ0n) is 19.9. The van der Waals surface area contributed by atoms with Crippen LogP contribution in [0.4, 0.5) is 0 Å². The highest BCUT2D eigenvalue weighted by atomic mass is 79.9. The van der Waals surface area contributed by atoms with Gasteiger partial charge in [0.2, 0.25) is 0 Å². The van der Waals surface area contributed by atoms with E-state index in [0.29, 0.717) is 24.8 Å². The molecule has 7 heteroatoms. The Morgan fingerprint density at radius 3 is 2.71 bits per heavy atom. The highest BCUT2D eigenvalue weighted by molar-refractivity contribution is 9.10. The number of ketones is 1. The molecular formula is C27H30BrNO5. The second kappa shape index (κ2) is 6.06. The topological polar surface area (TPSA) is 91.8 Å². The standard InChI is InChI=1S/C27H30BrNO5/c1-23(2)22-18(30)12-19-26(33-22,34-23)8-7-24(3)25(4)13(10-20(31)27(19,24)32)9-16-15-11-14(28)5-6-17(15)29-21(16)25/h5-6,11-13,20,22,29,31-32H,7-10H2,1-4H3/t13-,20+,22?,24?,25-,26+,27+/m1/s1. The van der Waals surface area contributed by atoms with Crippen LogP contribution in [-0.4, -0.2) is 50.2 Å². The molecule has 1 spiro atoms. The van der Waals surface area contributed by atoms with Crippen LogP contribution in [0.1, 0.15) is 58.2 Å². The number of carbonyl (C=O) groups excluding carboxylic acids is 1. The predicted octanol–water partition coefficient (Wildman–Crippen LogP) is 4.06. The number of aliphatic hydroxyl groups is 2. The van der Waals surface area contributed by atoms with Crippen molar-refractivity contribution in [2.45, 2.75) is 88.0 Å². The molecule has 2 saturated carbocycles. The van der Waals surface area contributed by atoms with Crippen LogP contribution in [0.25, 0.3) is 10.9 Å². The second-order valence-corrected chi connectivity index (χ2v) is 13.0. The SMILES string of the molecule is CC1(C)O[C@@]23CCC4(C)[C@@]5(C)c6[nH]c7ccc(Br)cc7c6C[C@@H]5C[C@H](O)[C@@]4(O)C2=CC(=O)C1O3. The average Bonchev–Trinajstić information content (AvgIpc) is 3.34. The van der Waals surface area contributed by atoms with Gasteiger partial charge in [0.15, 0.2) is 17.7 Å². The van der Waals surface area contributed by atoms with E-state index in [0.717, 1.165) is 22.1 Å². The molecule has 7 atom stereocenters. The maximum absolute atomic E-state index is 13.1. The lowest BCUT2D eigenvalue weighted by atomic mass is 9.41. The lowest BCUT2D eigenvalue weighted by Gasteiger charge is -2.66. The minimum absolute atomic E-state index is 0.168. The summed E-state index contributed by atoms with van der Waals surface area (Å²) in [7, 11) is 0. The van der Waals surface area contributed by atoms with E-state index in [9.17, 15) is 15.0 Å². The van der Waals surface area contributed by atoms with Crippen molar-refractivity contribution in [3.8, 4) is 0 Å². The second-order valence-electron chi connectivity index (χ2n) is 12.0. The van der Waals surface area contributed by atoms with Crippen LogP contribution in [-0.2, 0) is 26.1 Å². The fourth-order valence-electron chi connectivity index (χ4n) is 8.45. The van der Waals surface area contributed by atoms with Gasteiger partial charge in [0.1, 0.15) is 11.2 Å². The summed E-state index contributed by atoms with van der Waals surface area (Å²) in [6.45, 7) is 8.04. The third-order valence-electron chi connectivity index (χ3n) is 10.3. The maximum atomic E-state index is 13.1. The Balaban J connectivity index is 1.45. The number of nitrogens with one attached hydrogen (secondary N) is 1. The molecule has 2 aromatic rings. The molecule has 0 radical (unpaired) electrons. The van der Waals surface area contributed by atoms with Crippen molar-refractivity contribution in [2.75, 3.05) is 0 Å². The molecule has 1 aromatic heterocycles. The number of halogens is 1. The highest BCUT2D eigenvalue weighted by Gasteiger charge is 2.77. The van der Waals surface area contributed by atoms with Crippen LogP contribution in [0.15, 0.2) is 34.3 Å². The van der Waals surface area contributed by atoms with E-state index in [1.54, 1.807) is 0 Å². The smallest absolute Gasteiger partial charge is 0.195 e. The number of hydrogen-bond acceptors (Lipinski definition) is 5. The lowest BCUT2D eigenvalue weighted by Crippen LogP contribution is -2.74. The molecule has 2 bridgehead atoms. The minimum Gasteiger partial charge on any atom is -0.390 e. The molecule has 2 unspecified atom stereocenters. The minimum atomic E-state index is -1.66. The first-order valence-corrected chi connectivity index (χ1v) is 13.0. The molecule has 3 heterocycles. The number of fused-ring (bicyclic) bond motifs is 9. The fourth-order valence-corrected chi connectivity index (χ4v) is 8.81. The van der Waals surface area contributed by atoms with Gasteiger partial charge in [-0.3, -0.25) is 4.79 Å². The highest BCUT2D eigenvalue weighted by Crippen LogP contribution is 2.71. The average molecular weight is 528 g/mol. The van der Waals surface area contributed by atoms with Crippen molar-refractivity contribution >= 4 is 32.6 Å². The van der Waals surface area contributed by atoms with Crippen LogP contribution in [0.3, 0.4) is 0 Å². The Morgan fingerprint density at radius 2 is 1.94 bits per heavy atom. The van der Waals surface area contributed by atoms with Gasteiger partial charge in [-0.1, -0.05) is 29.8 Å². The molecule has 0 amide bonds. The Morgan fingerprint density at radius 1 is 1.18 bits per heavy atom. The Kier molecular flexibility index (Phi) is 3.88. The van der Waals surface area contributed by atoms with E-state index >= 15 is 0 Å². The quantitative estimate of drug-likeness (QED) is 0.480. The Bertz CT molecular complexity index is 1330.